The highest BCUT2D eigenvalue weighted by Gasteiger charge is 2.29. The average molecular weight is 172 g/mol. The molecule has 0 spiro atoms. The molecule has 4 N–H and O–H groups in total. The Morgan fingerprint density at radius 1 is 1.42 bits per heavy atom. The molecule has 1 atom stereocenters. The van der Waals surface area contributed by atoms with Gasteiger partial charge in [-0.15, -0.1) is 0 Å². The van der Waals surface area contributed by atoms with Crippen LogP contribution in [-0.2, 0) is 0 Å². The Hall–Kier alpha value is -0.120. The number of aliphatic hydroxyl groups excluding tert-OH is 1. The third kappa shape index (κ3) is 3.52. The first-order valence-corrected chi connectivity index (χ1v) is 4.92. The normalized spacial score (nSPS) is 19.5. The van der Waals surface area contributed by atoms with Crippen molar-refractivity contribution < 1.29 is 5.11 Å². The molecule has 1 unspecified atom stereocenters. The third-order valence-electron chi connectivity index (χ3n) is 2.44. The molecular formula is C9H20N2O. The summed E-state index contributed by atoms with van der Waals surface area (Å²) in [6.45, 7) is 2.06. The Morgan fingerprint density at radius 2 is 2.17 bits per heavy atom. The lowest BCUT2D eigenvalue weighted by Crippen LogP contribution is -2.38. The molecule has 0 saturated heterocycles. The van der Waals surface area contributed by atoms with Gasteiger partial charge in [-0.1, -0.05) is 0 Å². The second-order valence-electron chi connectivity index (χ2n) is 3.56. The maximum atomic E-state index is 8.56. The molecule has 0 heterocycles. The fourth-order valence-corrected chi connectivity index (χ4v) is 1.47. The van der Waals surface area contributed by atoms with Crippen molar-refractivity contribution in [1.82, 2.24) is 5.32 Å². The van der Waals surface area contributed by atoms with E-state index in [9.17, 15) is 0 Å². The first kappa shape index (κ1) is 9.96. The van der Waals surface area contributed by atoms with Crippen molar-refractivity contribution in [2.75, 3.05) is 19.7 Å². The van der Waals surface area contributed by atoms with Gasteiger partial charge in [0.1, 0.15) is 0 Å². The number of hydrogen-bond donors (Lipinski definition) is 3. The molecule has 1 aliphatic carbocycles. The highest BCUT2D eigenvalue weighted by atomic mass is 16.2. The maximum Gasteiger partial charge on any atom is 0.0431 e. The predicted octanol–water partition coefficient (Wildman–Crippen LogP) is 0.0858. The highest BCUT2D eigenvalue weighted by Crippen LogP contribution is 2.32. The van der Waals surface area contributed by atoms with Gasteiger partial charge in [0, 0.05) is 19.2 Å². The summed E-state index contributed by atoms with van der Waals surface area (Å²) in [4.78, 5) is 0. The predicted molar refractivity (Wildman–Crippen MR) is 49.9 cm³/mol. The van der Waals surface area contributed by atoms with Gasteiger partial charge in [-0.25, -0.2) is 0 Å². The largest absolute Gasteiger partial charge is 0.396 e. The van der Waals surface area contributed by atoms with Crippen molar-refractivity contribution in [3.63, 3.8) is 0 Å². The Morgan fingerprint density at radius 3 is 2.67 bits per heavy atom. The van der Waals surface area contributed by atoms with Gasteiger partial charge in [0.05, 0.1) is 0 Å². The zero-order valence-electron chi connectivity index (χ0n) is 7.63. The lowest BCUT2D eigenvalue weighted by Gasteiger charge is -2.15. The van der Waals surface area contributed by atoms with Gasteiger partial charge in [0.15, 0.2) is 0 Å². The molecule has 72 valence electrons. The lowest BCUT2D eigenvalue weighted by molar-refractivity contribution is 0.282. The van der Waals surface area contributed by atoms with E-state index in [-0.39, 0.29) is 0 Å². The summed E-state index contributed by atoms with van der Waals surface area (Å²) in [7, 11) is 0. The molecule has 12 heavy (non-hydrogen) atoms. The molecule has 3 heteroatoms. The minimum Gasteiger partial charge on any atom is -0.396 e. The van der Waals surface area contributed by atoms with Crippen LogP contribution in [0.25, 0.3) is 0 Å². The molecule has 0 aromatic rings. The first-order valence-electron chi connectivity index (χ1n) is 4.92. The van der Waals surface area contributed by atoms with E-state index in [1.54, 1.807) is 0 Å². The van der Waals surface area contributed by atoms with Crippen LogP contribution in [0.5, 0.6) is 0 Å². The quantitative estimate of drug-likeness (QED) is 0.477. The Labute approximate surface area is 74.3 Å². The summed E-state index contributed by atoms with van der Waals surface area (Å²) in [5, 5.41) is 12.0. The molecule has 1 aliphatic rings. The molecule has 0 radical (unpaired) electrons. The lowest BCUT2D eigenvalue weighted by atomic mass is 10.2. The number of nitrogens with two attached hydrogens (primary N) is 1. The van der Waals surface area contributed by atoms with Crippen LogP contribution in [-0.4, -0.2) is 30.8 Å². The SMILES string of the molecule is NCC(NCCCCO)C1CC1. The van der Waals surface area contributed by atoms with Crippen LogP contribution in [0.15, 0.2) is 0 Å². The highest BCUT2D eigenvalue weighted by molar-refractivity contribution is 4.86. The molecule has 0 aromatic carbocycles. The van der Waals surface area contributed by atoms with E-state index in [1.165, 1.54) is 12.8 Å². The molecule has 1 rings (SSSR count). The molecule has 0 amide bonds. The van der Waals surface area contributed by atoms with Gasteiger partial charge in [-0.05, 0) is 38.1 Å². The topological polar surface area (TPSA) is 58.3 Å². The van der Waals surface area contributed by atoms with Crippen LogP contribution in [0.3, 0.4) is 0 Å². The van der Waals surface area contributed by atoms with Gasteiger partial charge in [0.2, 0.25) is 0 Å². The van der Waals surface area contributed by atoms with Crippen molar-refractivity contribution in [1.29, 1.82) is 0 Å². The molecule has 3 nitrogen and oxygen atoms in total. The van der Waals surface area contributed by atoms with Gasteiger partial charge in [-0.2, -0.15) is 0 Å². The number of aliphatic hydroxyl groups is 1. The molecule has 0 bridgehead atoms. The van der Waals surface area contributed by atoms with Crippen LogP contribution in [0.2, 0.25) is 0 Å². The molecule has 1 fully saturated rings. The number of hydrogen-bond acceptors (Lipinski definition) is 3. The molecule has 0 aliphatic heterocycles. The minimum absolute atomic E-state index is 0.304. The molecule has 0 aromatic heterocycles. The summed E-state index contributed by atoms with van der Waals surface area (Å²) in [5.41, 5.74) is 5.62. The van der Waals surface area contributed by atoms with Crippen LogP contribution in [0, 0.1) is 5.92 Å². The minimum atomic E-state index is 0.304. The first-order chi connectivity index (χ1) is 5.88. The Balaban J connectivity index is 1.95. The van der Waals surface area contributed by atoms with E-state index in [0.717, 1.165) is 31.8 Å². The summed E-state index contributed by atoms with van der Waals surface area (Å²) in [6.07, 6.45) is 4.64. The van der Waals surface area contributed by atoms with E-state index in [1.807, 2.05) is 0 Å². The Bertz CT molecular complexity index is 115. The van der Waals surface area contributed by atoms with Crippen LogP contribution < -0.4 is 11.1 Å². The molecule has 1 saturated carbocycles. The summed E-state index contributed by atoms with van der Waals surface area (Å²) >= 11 is 0. The number of nitrogens with one attached hydrogen (secondary N) is 1. The van der Waals surface area contributed by atoms with E-state index in [2.05, 4.69) is 5.32 Å². The van der Waals surface area contributed by atoms with Gasteiger partial charge < -0.3 is 16.2 Å². The summed E-state index contributed by atoms with van der Waals surface area (Å²) in [5.74, 6) is 0.837. The van der Waals surface area contributed by atoms with Gasteiger partial charge >= 0.3 is 0 Å². The van der Waals surface area contributed by atoms with Crippen molar-refractivity contribution in [3.05, 3.63) is 0 Å². The van der Waals surface area contributed by atoms with Crippen molar-refractivity contribution in [2.24, 2.45) is 11.7 Å². The third-order valence-corrected chi connectivity index (χ3v) is 2.44. The second kappa shape index (κ2) is 5.51. The van der Waals surface area contributed by atoms with Crippen LogP contribution in [0.1, 0.15) is 25.7 Å². The van der Waals surface area contributed by atoms with E-state index in [0.29, 0.717) is 12.6 Å². The van der Waals surface area contributed by atoms with E-state index >= 15 is 0 Å². The summed E-state index contributed by atoms with van der Waals surface area (Å²) < 4.78 is 0. The zero-order chi connectivity index (χ0) is 8.81. The van der Waals surface area contributed by atoms with Crippen molar-refractivity contribution in [3.8, 4) is 0 Å². The summed E-state index contributed by atoms with van der Waals surface area (Å²) in [6, 6.07) is 0.531. The van der Waals surface area contributed by atoms with Gasteiger partial charge in [0.25, 0.3) is 0 Å². The standard InChI is InChI=1S/C9H20N2O/c10-7-9(8-3-4-8)11-5-1-2-6-12/h8-9,11-12H,1-7,10H2. The van der Waals surface area contributed by atoms with E-state index in [4.69, 9.17) is 10.8 Å². The fourth-order valence-electron chi connectivity index (χ4n) is 1.47. The fraction of sp³-hybridized carbons (Fsp3) is 1.00. The molecular weight excluding hydrogens is 152 g/mol. The zero-order valence-corrected chi connectivity index (χ0v) is 7.63. The van der Waals surface area contributed by atoms with Gasteiger partial charge in [-0.3, -0.25) is 0 Å². The Kier molecular flexibility index (Phi) is 4.58. The number of unbranched alkanes of at least 4 members (excludes halogenated alkanes) is 1. The van der Waals surface area contributed by atoms with Crippen molar-refractivity contribution in [2.45, 2.75) is 31.7 Å². The smallest absolute Gasteiger partial charge is 0.0431 e. The average Bonchev–Trinajstić information content (AvgIpc) is 2.88. The maximum absolute atomic E-state index is 8.56. The van der Waals surface area contributed by atoms with E-state index < -0.39 is 0 Å². The monoisotopic (exact) mass is 172 g/mol. The number of rotatable bonds is 7. The van der Waals surface area contributed by atoms with Crippen molar-refractivity contribution >= 4 is 0 Å². The second-order valence-corrected chi connectivity index (χ2v) is 3.56. The van der Waals surface area contributed by atoms with Crippen LogP contribution in [0.4, 0.5) is 0 Å². The van der Waals surface area contributed by atoms with Crippen LogP contribution >= 0.6 is 0 Å².